The lowest BCUT2D eigenvalue weighted by molar-refractivity contribution is -0.141. The number of nitrogens with one attached hydrogen (secondary N) is 1. The highest BCUT2D eigenvalue weighted by molar-refractivity contribution is 5.54. The average molecular weight is 319 g/mol. The second-order valence-corrected chi connectivity index (χ2v) is 4.79. The van der Waals surface area contributed by atoms with E-state index in [1.54, 1.807) is 23.0 Å². The van der Waals surface area contributed by atoms with E-state index in [0.717, 1.165) is 17.8 Å². The van der Waals surface area contributed by atoms with E-state index in [4.69, 9.17) is 0 Å². The molecule has 1 N–H and O–H groups in total. The van der Waals surface area contributed by atoms with Gasteiger partial charge in [0.1, 0.15) is 5.69 Å². The quantitative estimate of drug-likeness (QED) is 0.800. The molecule has 5 nitrogen and oxygen atoms in total. The highest BCUT2D eigenvalue weighted by Crippen LogP contribution is 2.28. The van der Waals surface area contributed by atoms with Crippen molar-refractivity contribution in [2.24, 2.45) is 0 Å². The zero-order valence-corrected chi connectivity index (χ0v) is 11.8. The van der Waals surface area contributed by atoms with Gasteiger partial charge in [0.25, 0.3) is 0 Å². The van der Waals surface area contributed by atoms with Gasteiger partial charge in [-0.3, -0.25) is 4.68 Å². The second kappa shape index (κ2) is 6.07. The molecule has 0 atom stereocenters. The molecule has 8 heteroatoms. The molecule has 0 saturated heterocycles. The van der Waals surface area contributed by atoms with Crippen molar-refractivity contribution in [2.75, 3.05) is 5.32 Å². The van der Waals surface area contributed by atoms with Crippen molar-refractivity contribution in [2.45, 2.75) is 12.7 Å². The predicted molar refractivity (Wildman–Crippen MR) is 78.1 cm³/mol. The number of nitrogens with zero attached hydrogens (tertiary/aromatic N) is 4. The Morgan fingerprint density at radius 3 is 2.70 bits per heavy atom. The normalized spacial score (nSPS) is 11.4. The van der Waals surface area contributed by atoms with Crippen molar-refractivity contribution in [1.29, 1.82) is 0 Å². The first kappa shape index (κ1) is 15.0. The predicted octanol–water partition coefficient (Wildman–Crippen LogP) is 3.48. The van der Waals surface area contributed by atoms with Gasteiger partial charge < -0.3 is 5.32 Å². The van der Waals surface area contributed by atoms with Crippen LogP contribution in [0.15, 0.2) is 55.0 Å². The fourth-order valence-corrected chi connectivity index (χ4v) is 2.03. The molecule has 2 aromatic heterocycles. The molecule has 0 aliphatic heterocycles. The SMILES string of the molecule is FC(F)(F)c1ccnc(Nc2cccc(Cn3cccn3)c2)n1. The van der Waals surface area contributed by atoms with Crippen LogP contribution in [0.5, 0.6) is 0 Å². The van der Waals surface area contributed by atoms with Gasteiger partial charge in [-0.1, -0.05) is 12.1 Å². The van der Waals surface area contributed by atoms with Gasteiger partial charge in [0.15, 0.2) is 0 Å². The standard InChI is InChI=1S/C15H12F3N5/c16-15(17,18)13-5-7-19-14(22-13)21-12-4-1-3-11(9-12)10-23-8-2-6-20-23/h1-9H,10H2,(H,19,21,22). The summed E-state index contributed by atoms with van der Waals surface area (Å²) in [4.78, 5) is 7.29. The number of anilines is 2. The highest BCUT2D eigenvalue weighted by Gasteiger charge is 2.32. The lowest BCUT2D eigenvalue weighted by atomic mass is 10.2. The fourth-order valence-electron chi connectivity index (χ4n) is 2.03. The Hall–Kier alpha value is -2.90. The number of hydrogen-bond donors (Lipinski definition) is 1. The van der Waals surface area contributed by atoms with E-state index in [1.165, 1.54) is 0 Å². The van der Waals surface area contributed by atoms with Gasteiger partial charge in [-0.05, 0) is 29.8 Å². The van der Waals surface area contributed by atoms with Crippen LogP contribution in [-0.2, 0) is 12.7 Å². The molecular formula is C15H12F3N5. The number of hydrogen-bond acceptors (Lipinski definition) is 4. The van der Waals surface area contributed by atoms with Crippen LogP contribution in [0.3, 0.4) is 0 Å². The van der Waals surface area contributed by atoms with E-state index in [-0.39, 0.29) is 5.95 Å². The van der Waals surface area contributed by atoms with Gasteiger partial charge >= 0.3 is 6.18 Å². The van der Waals surface area contributed by atoms with Crippen LogP contribution < -0.4 is 5.32 Å². The Morgan fingerprint density at radius 1 is 1.09 bits per heavy atom. The van der Waals surface area contributed by atoms with Gasteiger partial charge in [-0.2, -0.15) is 18.3 Å². The van der Waals surface area contributed by atoms with Crippen molar-refractivity contribution in [3.8, 4) is 0 Å². The number of rotatable bonds is 4. The smallest absolute Gasteiger partial charge is 0.324 e. The first-order valence-electron chi connectivity index (χ1n) is 6.74. The van der Waals surface area contributed by atoms with Crippen LogP contribution >= 0.6 is 0 Å². The number of aromatic nitrogens is 4. The van der Waals surface area contributed by atoms with Gasteiger partial charge in [0.2, 0.25) is 5.95 Å². The molecule has 1 aromatic carbocycles. The van der Waals surface area contributed by atoms with Gasteiger partial charge in [-0.25, -0.2) is 9.97 Å². The van der Waals surface area contributed by atoms with E-state index < -0.39 is 11.9 Å². The highest BCUT2D eigenvalue weighted by atomic mass is 19.4. The maximum Gasteiger partial charge on any atom is 0.433 e. The molecule has 0 saturated carbocycles. The van der Waals surface area contributed by atoms with Crippen molar-refractivity contribution < 1.29 is 13.2 Å². The summed E-state index contributed by atoms with van der Waals surface area (Å²) in [7, 11) is 0. The zero-order valence-electron chi connectivity index (χ0n) is 11.8. The molecule has 0 aliphatic rings. The lowest BCUT2D eigenvalue weighted by Gasteiger charge is -2.10. The molecule has 0 aliphatic carbocycles. The molecule has 118 valence electrons. The van der Waals surface area contributed by atoms with Gasteiger partial charge in [0, 0.05) is 24.3 Å². The Balaban J connectivity index is 1.78. The van der Waals surface area contributed by atoms with Crippen LogP contribution in [0.2, 0.25) is 0 Å². The maximum absolute atomic E-state index is 12.7. The van der Waals surface area contributed by atoms with Crippen LogP contribution in [0.25, 0.3) is 0 Å². The Kier molecular flexibility index (Phi) is 3.96. The molecule has 0 bridgehead atoms. The Bertz CT molecular complexity index is 784. The lowest BCUT2D eigenvalue weighted by Crippen LogP contribution is -2.10. The fraction of sp³-hybridized carbons (Fsp3) is 0.133. The molecule has 3 rings (SSSR count). The average Bonchev–Trinajstić information content (AvgIpc) is 3.00. The minimum absolute atomic E-state index is 0.101. The van der Waals surface area contributed by atoms with Crippen molar-refractivity contribution in [1.82, 2.24) is 19.7 Å². The summed E-state index contributed by atoms with van der Waals surface area (Å²) in [5, 5.41) is 6.89. The molecule has 23 heavy (non-hydrogen) atoms. The van der Waals surface area contributed by atoms with Crippen LogP contribution in [0.1, 0.15) is 11.3 Å². The van der Waals surface area contributed by atoms with E-state index in [2.05, 4.69) is 20.4 Å². The topological polar surface area (TPSA) is 55.6 Å². The number of benzene rings is 1. The molecule has 0 spiro atoms. The third-order valence-corrected chi connectivity index (χ3v) is 3.03. The third kappa shape index (κ3) is 3.85. The summed E-state index contributed by atoms with van der Waals surface area (Å²) in [5.74, 6) is -0.101. The van der Waals surface area contributed by atoms with Crippen LogP contribution in [0, 0.1) is 0 Å². The molecule has 0 unspecified atom stereocenters. The maximum atomic E-state index is 12.7. The molecule has 0 amide bonds. The summed E-state index contributed by atoms with van der Waals surface area (Å²) < 4.78 is 39.7. The van der Waals surface area contributed by atoms with E-state index in [9.17, 15) is 13.2 Å². The van der Waals surface area contributed by atoms with E-state index in [1.807, 2.05) is 24.4 Å². The molecular weight excluding hydrogens is 307 g/mol. The summed E-state index contributed by atoms with van der Waals surface area (Å²) in [6.07, 6.45) is 0.0850. The number of alkyl halides is 3. The minimum atomic E-state index is -4.50. The Morgan fingerprint density at radius 2 is 1.96 bits per heavy atom. The summed E-state index contributed by atoms with van der Waals surface area (Å²) >= 11 is 0. The Labute approximate surface area is 129 Å². The third-order valence-electron chi connectivity index (χ3n) is 3.03. The summed E-state index contributed by atoms with van der Waals surface area (Å²) in [6.45, 7) is 0.561. The minimum Gasteiger partial charge on any atom is -0.324 e. The molecule has 2 heterocycles. The van der Waals surface area contributed by atoms with Crippen LogP contribution in [0.4, 0.5) is 24.8 Å². The molecule has 3 aromatic rings. The van der Waals surface area contributed by atoms with Crippen molar-refractivity contribution >= 4 is 11.6 Å². The summed E-state index contributed by atoms with van der Waals surface area (Å²) in [6, 6.07) is 9.90. The number of halogens is 3. The van der Waals surface area contributed by atoms with Crippen molar-refractivity contribution in [3.63, 3.8) is 0 Å². The zero-order chi connectivity index (χ0) is 16.3. The van der Waals surface area contributed by atoms with Gasteiger partial charge in [-0.15, -0.1) is 0 Å². The second-order valence-electron chi connectivity index (χ2n) is 4.79. The largest absolute Gasteiger partial charge is 0.433 e. The summed E-state index contributed by atoms with van der Waals surface area (Å²) in [5.41, 5.74) is 0.572. The monoisotopic (exact) mass is 319 g/mol. The van der Waals surface area contributed by atoms with Crippen LogP contribution in [-0.4, -0.2) is 19.7 Å². The first-order chi connectivity index (χ1) is 11.0. The molecule has 0 fully saturated rings. The van der Waals surface area contributed by atoms with Gasteiger partial charge in [0.05, 0.1) is 6.54 Å². The molecule has 0 radical (unpaired) electrons. The van der Waals surface area contributed by atoms with E-state index >= 15 is 0 Å². The van der Waals surface area contributed by atoms with E-state index in [0.29, 0.717) is 12.2 Å². The first-order valence-corrected chi connectivity index (χ1v) is 6.74. The van der Waals surface area contributed by atoms with Crippen molar-refractivity contribution in [3.05, 3.63) is 66.2 Å².